The highest BCUT2D eigenvalue weighted by Crippen LogP contribution is 2.13. The summed E-state index contributed by atoms with van der Waals surface area (Å²) in [6, 6.07) is 0. The quantitative estimate of drug-likeness (QED) is 0.684. The molecule has 0 saturated heterocycles. The van der Waals surface area contributed by atoms with Gasteiger partial charge in [-0.25, -0.2) is 0 Å². The number of aromatic nitrogens is 2. The van der Waals surface area contributed by atoms with Crippen LogP contribution >= 0.6 is 0 Å². The lowest BCUT2D eigenvalue weighted by Gasteiger charge is -2.04. The number of carbonyl (C=O) groups is 2. The van der Waals surface area contributed by atoms with Gasteiger partial charge < -0.3 is 10.6 Å². The standard InChI is InChI=1S/C8H12N4O2/c1-5(13)11-6-4-10-12(3)7(6)8(14)9-2/h4H,1-3H3,(H,9,14)(H,11,13). The Hall–Kier alpha value is -1.85. The second-order valence-corrected chi connectivity index (χ2v) is 2.79. The molecule has 0 aliphatic rings. The molecule has 0 bridgehead atoms. The Morgan fingerprint density at radius 3 is 2.64 bits per heavy atom. The molecule has 6 nitrogen and oxygen atoms in total. The predicted molar refractivity (Wildman–Crippen MR) is 50.9 cm³/mol. The van der Waals surface area contributed by atoms with Gasteiger partial charge in [-0.1, -0.05) is 0 Å². The van der Waals surface area contributed by atoms with E-state index in [9.17, 15) is 9.59 Å². The van der Waals surface area contributed by atoms with E-state index >= 15 is 0 Å². The second kappa shape index (κ2) is 3.91. The van der Waals surface area contributed by atoms with Crippen molar-refractivity contribution in [3.63, 3.8) is 0 Å². The summed E-state index contributed by atoms with van der Waals surface area (Å²) in [4.78, 5) is 22.2. The van der Waals surface area contributed by atoms with Crippen LogP contribution in [0.15, 0.2) is 6.20 Å². The molecule has 1 aromatic heterocycles. The van der Waals surface area contributed by atoms with Gasteiger partial charge in [0.1, 0.15) is 5.69 Å². The van der Waals surface area contributed by atoms with Crippen molar-refractivity contribution < 1.29 is 9.59 Å². The third-order valence-corrected chi connectivity index (χ3v) is 1.69. The largest absolute Gasteiger partial charge is 0.354 e. The molecule has 0 spiro atoms. The van der Waals surface area contributed by atoms with Crippen LogP contribution in [-0.4, -0.2) is 28.6 Å². The van der Waals surface area contributed by atoms with Crippen LogP contribution in [0.3, 0.4) is 0 Å². The first kappa shape index (κ1) is 10.2. The van der Waals surface area contributed by atoms with E-state index in [4.69, 9.17) is 0 Å². The summed E-state index contributed by atoms with van der Waals surface area (Å²) in [5.41, 5.74) is 0.752. The molecule has 0 atom stereocenters. The fourth-order valence-corrected chi connectivity index (χ4v) is 1.11. The summed E-state index contributed by atoms with van der Waals surface area (Å²) in [6.45, 7) is 1.38. The van der Waals surface area contributed by atoms with Gasteiger partial charge >= 0.3 is 0 Å². The van der Waals surface area contributed by atoms with Crippen LogP contribution in [0.5, 0.6) is 0 Å². The van der Waals surface area contributed by atoms with E-state index in [1.807, 2.05) is 0 Å². The van der Waals surface area contributed by atoms with Gasteiger partial charge in [0.25, 0.3) is 5.91 Å². The van der Waals surface area contributed by atoms with Crippen LogP contribution in [-0.2, 0) is 11.8 Å². The van der Waals surface area contributed by atoms with Crippen LogP contribution in [0, 0.1) is 0 Å². The van der Waals surface area contributed by atoms with Crippen LogP contribution in [0.25, 0.3) is 0 Å². The van der Waals surface area contributed by atoms with Gasteiger partial charge in [0, 0.05) is 21.0 Å². The number of aryl methyl sites for hydroxylation is 1. The van der Waals surface area contributed by atoms with E-state index in [1.165, 1.54) is 24.9 Å². The highest BCUT2D eigenvalue weighted by molar-refractivity contribution is 6.01. The van der Waals surface area contributed by atoms with Crippen LogP contribution in [0.2, 0.25) is 0 Å². The van der Waals surface area contributed by atoms with Crippen LogP contribution in [0.4, 0.5) is 5.69 Å². The minimum atomic E-state index is -0.284. The maximum atomic E-state index is 11.4. The molecule has 0 aromatic carbocycles. The summed E-state index contributed by atoms with van der Waals surface area (Å²) in [6.07, 6.45) is 1.44. The Labute approximate surface area is 81.3 Å². The summed E-state index contributed by atoms with van der Waals surface area (Å²) in [5.74, 6) is -0.517. The highest BCUT2D eigenvalue weighted by atomic mass is 16.2. The Bertz CT molecular complexity index is 369. The molecule has 0 aliphatic carbocycles. The summed E-state index contributed by atoms with van der Waals surface area (Å²) in [7, 11) is 3.16. The minimum absolute atomic E-state index is 0.233. The monoisotopic (exact) mass is 196 g/mol. The van der Waals surface area contributed by atoms with Gasteiger partial charge in [-0.2, -0.15) is 5.10 Å². The zero-order chi connectivity index (χ0) is 10.7. The number of hydrogen-bond acceptors (Lipinski definition) is 3. The Balaban J connectivity index is 3.05. The van der Waals surface area contributed by atoms with Gasteiger partial charge in [-0.05, 0) is 0 Å². The van der Waals surface area contributed by atoms with Gasteiger partial charge in [-0.3, -0.25) is 14.3 Å². The van der Waals surface area contributed by atoms with Crippen molar-refractivity contribution in [2.24, 2.45) is 7.05 Å². The van der Waals surface area contributed by atoms with Crippen molar-refractivity contribution in [1.82, 2.24) is 15.1 Å². The molecule has 2 N–H and O–H groups in total. The molecule has 0 fully saturated rings. The summed E-state index contributed by atoms with van der Waals surface area (Å²) >= 11 is 0. The first-order valence-corrected chi connectivity index (χ1v) is 4.08. The maximum absolute atomic E-state index is 11.4. The van der Waals surface area contributed by atoms with Gasteiger partial charge in [0.2, 0.25) is 5.91 Å². The van der Waals surface area contributed by atoms with E-state index in [2.05, 4.69) is 15.7 Å². The van der Waals surface area contributed by atoms with E-state index in [0.717, 1.165) is 0 Å². The van der Waals surface area contributed by atoms with Gasteiger partial charge in [0.15, 0.2) is 0 Å². The Morgan fingerprint density at radius 2 is 2.14 bits per heavy atom. The van der Waals surface area contributed by atoms with Gasteiger partial charge in [0.05, 0.1) is 11.9 Å². The molecule has 1 heterocycles. The van der Waals surface area contributed by atoms with Crippen LogP contribution in [0.1, 0.15) is 17.4 Å². The van der Waals surface area contributed by atoms with E-state index < -0.39 is 0 Å². The normalized spacial score (nSPS) is 9.64. The lowest BCUT2D eigenvalue weighted by Crippen LogP contribution is -2.23. The third kappa shape index (κ3) is 1.90. The lowest BCUT2D eigenvalue weighted by atomic mass is 10.3. The van der Waals surface area contributed by atoms with Crippen molar-refractivity contribution in [3.05, 3.63) is 11.9 Å². The smallest absolute Gasteiger partial charge is 0.271 e. The molecule has 0 saturated carbocycles. The zero-order valence-corrected chi connectivity index (χ0v) is 8.29. The fraction of sp³-hybridized carbons (Fsp3) is 0.375. The first-order chi connectivity index (χ1) is 6.56. The SMILES string of the molecule is CNC(=O)c1c(NC(C)=O)cnn1C. The number of hydrogen-bond donors (Lipinski definition) is 2. The zero-order valence-electron chi connectivity index (χ0n) is 8.29. The Kier molecular flexibility index (Phi) is 2.85. The predicted octanol–water partition coefficient (Wildman–Crippen LogP) is -0.262. The van der Waals surface area contributed by atoms with E-state index in [-0.39, 0.29) is 11.8 Å². The van der Waals surface area contributed by atoms with E-state index in [1.54, 1.807) is 7.05 Å². The average Bonchev–Trinajstić information content (AvgIpc) is 2.45. The molecule has 76 valence electrons. The first-order valence-electron chi connectivity index (χ1n) is 4.08. The minimum Gasteiger partial charge on any atom is -0.354 e. The second-order valence-electron chi connectivity index (χ2n) is 2.79. The van der Waals surface area contributed by atoms with Gasteiger partial charge in [-0.15, -0.1) is 0 Å². The molecule has 2 amide bonds. The Morgan fingerprint density at radius 1 is 1.50 bits per heavy atom. The van der Waals surface area contributed by atoms with Crippen molar-refractivity contribution in [1.29, 1.82) is 0 Å². The van der Waals surface area contributed by atoms with Crippen molar-refractivity contribution in [2.75, 3.05) is 12.4 Å². The maximum Gasteiger partial charge on any atom is 0.271 e. The third-order valence-electron chi connectivity index (χ3n) is 1.69. The number of amides is 2. The topological polar surface area (TPSA) is 76.0 Å². The number of rotatable bonds is 2. The molecule has 14 heavy (non-hydrogen) atoms. The van der Waals surface area contributed by atoms with E-state index in [0.29, 0.717) is 11.4 Å². The fourth-order valence-electron chi connectivity index (χ4n) is 1.11. The van der Waals surface area contributed by atoms with Crippen molar-refractivity contribution in [3.8, 4) is 0 Å². The molecule has 0 radical (unpaired) electrons. The molecule has 0 aliphatic heterocycles. The average molecular weight is 196 g/mol. The summed E-state index contributed by atoms with van der Waals surface area (Å²) in [5, 5.41) is 8.88. The molecule has 0 unspecified atom stereocenters. The number of nitrogens with zero attached hydrogens (tertiary/aromatic N) is 2. The number of anilines is 1. The highest BCUT2D eigenvalue weighted by Gasteiger charge is 2.15. The molecular weight excluding hydrogens is 184 g/mol. The van der Waals surface area contributed by atoms with Crippen molar-refractivity contribution in [2.45, 2.75) is 6.92 Å². The summed E-state index contributed by atoms with van der Waals surface area (Å²) < 4.78 is 1.41. The molecule has 6 heteroatoms. The lowest BCUT2D eigenvalue weighted by molar-refractivity contribution is -0.114. The number of carbonyl (C=O) groups excluding carboxylic acids is 2. The van der Waals surface area contributed by atoms with Crippen molar-refractivity contribution >= 4 is 17.5 Å². The molecular formula is C8H12N4O2. The molecule has 1 rings (SSSR count). The number of nitrogens with one attached hydrogen (secondary N) is 2. The molecule has 1 aromatic rings. The van der Waals surface area contributed by atoms with Crippen LogP contribution < -0.4 is 10.6 Å².